The molecule has 1 N–H and O–H groups in total. The Bertz CT molecular complexity index is 402. The highest BCUT2D eigenvalue weighted by Crippen LogP contribution is 2.33. The first-order valence-corrected chi connectivity index (χ1v) is 7.04. The fourth-order valence-corrected chi connectivity index (χ4v) is 2.93. The second-order valence-corrected chi connectivity index (χ2v) is 5.54. The fraction of sp³-hybridized carbons (Fsp3) is 0.625. The molecule has 1 saturated heterocycles. The number of hydrogen-bond donors (Lipinski definition) is 1. The smallest absolute Gasteiger partial charge is 0.0551 e. The molecule has 0 amide bonds. The maximum atomic E-state index is 5.74. The summed E-state index contributed by atoms with van der Waals surface area (Å²) in [6.07, 6.45) is 1.56. The molecule has 1 aromatic rings. The van der Waals surface area contributed by atoms with Gasteiger partial charge in [-0.3, -0.25) is 0 Å². The average molecular weight is 247 g/mol. The van der Waals surface area contributed by atoms with Crippen molar-refractivity contribution < 1.29 is 4.74 Å². The van der Waals surface area contributed by atoms with Crippen LogP contribution in [0, 0.1) is 19.8 Å². The molecule has 1 aliphatic rings. The number of ether oxygens (including phenoxy) is 1. The largest absolute Gasteiger partial charge is 0.378 e. The third-order valence-electron chi connectivity index (χ3n) is 3.89. The molecule has 1 aliphatic heterocycles. The Hall–Kier alpha value is -0.860. The highest BCUT2D eigenvalue weighted by atomic mass is 16.5. The lowest BCUT2D eigenvalue weighted by molar-refractivity contribution is 0.117. The molecule has 2 nitrogen and oxygen atoms in total. The van der Waals surface area contributed by atoms with E-state index < -0.39 is 0 Å². The zero-order valence-corrected chi connectivity index (χ0v) is 12.0. The first kappa shape index (κ1) is 13.6. The second-order valence-electron chi connectivity index (χ2n) is 5.54. The first-order valence-electron chi connectivity index (χ1n) is 7.04. The van der Waals surface area contributed by atoms with Crippen LogP contribution in [0.2, 0.25) is 0 Å². The molecule has 0 spiro atoms. The van der Waals surface area contributed by atoms with Crippen molar-refractivity contribution in [3.8, 4) is 0 Å². The van der Waals surface area contributed by atoms with Crippen LogP contribution < -0.4 is 5.32 Å². The molecule has 0 aliphatic carbocycles. The van der Waals surface area contributed by atoms with Gasteiger partial charge in [0.05, 0.1) is 12.7 Å². The van der Waals surface area contributed by atoms with Gasteiger partial charge in [-0.05, 0) is 44.9 Å². The summed E-state index contributed by atoms with van der Waals surface area (Å²) in [7, 11) is 0. The van der Waals surface area contributed by atoms with Crippen LogP contribution in [0.5, 0.6) is 0 Å². The van der Waals surface area contributed by atoms with Crippen LogP contribution in [0.15, 0.2) is 18.2 Å². The highest BCUT2D eigenvalue weighted by molar-refractivity contribution is 5.33. The maximum absolute atomic E-state index is 5.74. The third kappa shape index (κ3) is 2.93. The molecule has 0 radical (unpaired) electrons. The van der Waals surface area contributed by atoms with Crippen molar-refractivity contribution in [3.05, 3.63) is 34.9 Å². The summed E-state index contributed by atoms with van der Waals surface area (Å²) in [5.41, 5.74) is 4.16. The molecule has 100 valence electrons. The number of hydrogen-bond acceptors (Lipinski definition) is 2. The molecule has 0 bridgehead atoms. The number of rotatable bonds is 4. The number of aryl methyl sites for hydroxylation is 2. The minimum absolute atomic E-state index is 0.404. The Labute approximate surface area is 111 Å². The molecule has 0 aromatic heterocycles. The zero-order valence-electron chi connectivity index (χ0n) is 12.0. The predicted octanol–water partition coefficient (Wildman–Crippen LogP) is 3.38. The van der Waals surface area contributed by atoms with Crippen LogP contribution in [-0.4, -0.2) is 19.3 Å². The standard InChI is InChI=1S/C16H25NO/c1-5-17-16(14-9-13(4)18-10-14)15-8-11(2)6-7-12(15)3/h6-8,13-14,16-17H,5,9-10H2,1-4H3. The first-order chi connectivity index (χ1) is 8.61. The Balaban J connectivity index is 2.26. The lowest BCUT2D eigenvalue weighted by Crippen LogP contribution is -2.29. The Kier molecular flexibility index (Phi) is 4.41. The number of nitrogens with one attached hydrogen (secondary N) is 1. The molecule has 3 atom stereocenters. The van der Waals surface area contributed by atoms with Crippen LogP contribution in [0.3, 0.4) is 0 Å². The van der Waals surface area contributed by atoms with Gasteiger partial charge in [0.2, 0.25) is 0 Å². The van der Waals surface area contributed by atoms with E-state index in [0.717, 1.165) is 19.6 Å². The van der Waals surface area contributed by atoms with Crippen molar-refractivity contribution >= 4 is 0 Å². The van der Waals surface area contributed by atoms with Crippen LogP contribution in [0.4, 0.5) is 0 Å². The van der Waals surface area contributed by atoms with Crippen molar-refractivity contribution in [2.24, 2.45) is 5.92 Å². The maximum Gasteiger partial charge on any atom is 0.0551 e. The van der Waals surface area contributed by atoms with Gasteiger partial charge in [-0.1, -0.05) is 30.7 Å². The lowest BCUT2D eigenvalue weighted by Gasteiger charge is -2.26. The third-order valence-corrected chi connectivity index (χ3v) is 3.89. The minimum atomic E-state index is 0.404. The van der Waals surface area contributed by atoms with E-state index in [2.05, 4.69) is 51.2 Å². The van der Waals surface area contributed by atoms with Gasteiger partial charge in [0.25, 0.3) is 0 Å². The van der Waals surface area contributed by atoms with Crippen LogP contribution in [-0.2, 0) is 4.74 Å². The lowest BCUT2D eigenvalue weighted by atomic mass is 9.88. The second kappa shape index (κ2) is 5.85. The van der Waals surface area contributed by atoms with Crippen molar-refractivity contribution in [2.45, 2.75) is 46.3 Å². The van der Waals surface area contributed by atoms with Gasteiger partial charge in [0.15, 0.2) is 0 Å². The van der Waals surface area contributed by atoms with Gasteiger partial charge in [0, 0.05) is 12.0 Å². The van der Waals surface area contributed by atoms with E-state index in [0.29, 0.717) is 18.1 Å². The van der Waals surface area contributed by atoms with Gasteiger partial charge in [-0.25, -0.2) is 0 Å². The summed E-state index contributed by atoms with van der Waals surface area (Å²) in [5, 5.41) is 3.65. The van der Waals surface area contributed by atoms with Crippen LogP contribution in [0.25, 0.3) is 0 Å². The summed E-state index contributed by atoms with van der Waals surface area (Å²) in [6, 6.07) is 7.18. The van der Waals surface area contributed by atoms with Crippen molar-refractivity contribution in [1.82, 2.24) is 5.32 Å². The van der Waals surface area contributed by atoms with Gasteiger partial charge < -0.3 is 10.1 Å². The minimum Gasteiger partial charge on any atom is -0.378 e. The molecule has 1 aromatic carbocycles. The van der Waals surface area contributed by atoms with E-state index in [4.69, 9.17) is 4.74 Å². The quantitative estimate of drug-likeness (QED) is 0.880. The van der Waals surface area contributed by atoms with Crippen LogP contribution in [0.1, 0.15) is 43.0 Å². The monoisotopic (exact) mass is 247 g/mol. The zero-order chi connectivity index (χ0) is 13.1. The van der Waals surface area contributed by atoms with Gasteiger partial charge in [0.1, 0.15) is 0 Å². The Morgan fingerprint density at radius 2 is 2.17 bits per heavy atom. The molecular formula is C16H25NO. The molecule has 2 heteroatoms. The van der Waals surface area contributed by atoms with Gasteiger partial charge in [-0.2, -0.15) is 0 Å². The summed E-state index contributed by atoms with van der Waals surface area (Å²) < 4.78 is 5.74. The molecular weight excluding hydrogens is 222 g/mol. The van der Waals surface area contributed by atoms with Gasteiger partial charge >= 0.3 is 0 Å². The van der Waals surface area contributed by atoms with Crippen molar-refractivity contribution in [2.75, 3.05) is 13.2 Å². The molecule has 2 rings (SSSR count). The fourth-order valence-electron chi connectivity index (χ4n) is 2.93. The van der Waals surface area contributed by atoms with E-state index in [9.17, 15) is 0 Å². The summed E-state index contributed by atoms with van der Waals surface area (Å²) in [5.74, 6) is 0.598. The molecule has 0 saturated carbocycles. The number of benzene rings is 1. The normalized spacial score (nSPS) is 25.3. The highest BCUT2D eigenvalue weighted by Gasteiger charge is 2.30. The summed E-state index contributed by atoms with van der Waals surface area (Å²) in [6.45, 7) is 10.6. The Morgan fingerprint density at radius 3 is 2.78 bits per heavy atom. The van der Waals surface area contributed by atoms with Gasteiger partial charge in [-0.15, -0.1) is 0 Å². The average Bonchev–Trinajstić information content (AvgIpc) is 2.76. The molecule has 1 fully saturated rings. The molecule has 1 heterocycles. The van der Waals surface area contributed by atoms with Crippen molar-refractivity contribution in [1.29, 1.82) is 0 Å². The summed E-state index contributed by atoms with van der Waals surface area (Å²) >= 11 is 0. The van der Waals surface area contributed by atoms with E-state index >= 15 is 0 Å². The van der Waals surface area contributed by atoms with E-state index in [1.165, 1.54) is 16.7 Å². The SMILES string of the molecule is CCNC(c1cc(C)ccc1C)C1COC(C)C1. The summed E-state index contributed by atoms with van der Waals surface area (Å²) in [4.78, 5) is 0. The topological polar surface area (TPSA) is 21.3 Å². The van der Waals surface area contributed by atoms with Crippen LogP contribution >= 0.6 is 0 Å². The Morgan fingerprint density at radius 1 is 1.39 bits per heavy atom. The van der Waals surface area contributed by atoms with E-state index in [1.54, 1.807) is 0 Å². The van der Waals surface area contributed by atoms with E-state index in [1.807, 2.05) is 0 Å². The predicted molar refractivity (Wildman–Crippen MR) is 75.9 cm³/mol. The van der Waals surface area contributed by atoms with E-state index in [-0.39, 0.29) is 0 Å². The molecule has 3 unspecified atom stereocenters. The van der Waals surface area contributed by atoms with Crippen molar-refractivity contribution in [3.63, 3.8) is 0 Å². The molecule has 18 heavy (non-hydrogen) atoms.